The van der Waals surface area contributed by atoms with Gasteiger partial charge in [-0.15, -0.1) is 0 Å². The highest BCUT2D eigenvalue weighted by Crippen LogP contribution is 2.38. The molecule has 1 fully saturated rings. The van der Waals surface area contributed by atoms with Crippen molar-refractivity contribution >= 4 is 5.69 Å². The Labute approximate surface area is 201 Å². The van der Waals surface area contributed by atoms with Crippen LogP contribution in [0, 0.1) is 0 Å². The molecule has 1 aliphatic carbocycles. The van der Waals surface area contributed by atoms with Crippen molar-refractivity contribution in [2.75, 3.05) is 18.0 Å². The van der Waals surface area contributed by atoms with E-state index >= 15 is 0 Å². The molecule has 0 spiro atoms. The van der Waals surface area contributed by atoms with Gasteiger partial charge < -0.3 is 10.0 Å². The Morgan fingerprint density at radius 1 is 0.944 bits per heavy atom. The van der Waals surface area contributed by atoms with Crippen LogP contribution < -0.4 is 10.5 Å². The maximum atomic E-state index is 14.0. The molecule has 0 unspecified atom stereocenters. The van der Waals surface area contributed by atoms with Crippen molar-refractivity contribution in [1.82, 2.24) is 9.78 Å². The summed E-state index contributed by atoms with van der Waals surface area (Å²) in [5, 5.41) is 14.1. The quantitative estimate of drug-likeness (QED) is 0.506. The molecule has 1 aromatic heterocycles. The number of aromatic nitrogens is 2. The molecule has 0 amide bonds. The number of fused-ring (bicyclic) bond motifs is 1. The fourth-order valence-electron chi connectivity index (χ4n) is 4.92. The number of aliphatic hydroxyl groups excluding tert-OH is 1. The van der Waals surface area contributed by atoms with Crippen LogP contribution >= 0.6 is 0 Å². The molecule has 2 heterocycles. The van der Waals surface area contributed by atoms with Crippen LogP contribution in [0.4, 0.5) is 32.0 Å². The summed E-state index contributed by atoms with van der Waals surface area (Å²) >= 11 is 0. The second-order valence-corrected chi connectivity index (χ2v) is 9.04. The molecule has 0 saturated carbocycles. The monoisotopic (exact) mass is 509 g/mol. The molecule has 1 aliphatic heterocycles. The minimum absolute atomic E-state index is 0.0586. The van der Waals surface area contributed by atoms with Gasteiger partial charge in [0.25, 0.3) is 5.56 Å². The molecule has 0 bridgehead atoms. The zero-order valence-electron chi connectivity index (χ0n) is 18.8. The van der Waals surface area contributed by atoms with Gasteiger partial charge in [-0.3, -0.25) is 4.79 Å². The number of rotatable bonds is 3. The van der Waals surface area contributed by atoms with E-state index in [4.69, 9.17) is 0 Å². The summed E-state index contributed by atoms with van der Waals surface area (Å²) in [7, 11) is 0. The number of anilines is 1. The SMILES string of the molecule is O=c1c2c(c(-c3cccc(C(F)(F)F)c3)nn1-c1cc(N3CC[C@H](O)C3)ccc1C(F)(F)F)CCC2. The highest BCUT2D eigenvalue weighted by Gasteiger charge is 2.37. The van der Waals surface area contributed by atoms with Crippen molar-refractivity contribution in [2.45, 2.75) is 44.1 Å². The summed E-state index contributed by atoms with van der Waals surface area (Å²) in [5.41, 5.74) is -2.01. The molecular formula is C25H21F6N3O2. The molecule has 36 heavy (non-hydrogen) atoms. The first-order valence-corrected chi connectivity index (χ1v) is 11.4. The first kappa shape index (κ1) is 24.4. The molecule has 1 N–H and O–H groups in total. The van der Waals surface area contributed by atoms with Gasteiger partial charge in [0.05, 0.1) is 28.6 Å². The van der Waals surface area contributed by atoms with Crippen molar-refractivity contribution in [1.29, 1.82) is 0 Å². The molecule has 190 valence electrons. The number of hydrogen-bond donors (Lipinski definition) is 1. The fourth-order valence-corrected chi connectivity index (χ4v) is 4.92. The predicted octanol–water partition coefficient (Wildman–Crippen LogP) is 5.00. The average Bonchev–Trinajstić information content (AvgIpc) is 3.48. The van der Waals surface area contributed by atoms with E-state index in [1.165, 1.54) is 24.3 Å². The number of nitrogens with zero attached hydrogens (tertiary/aromatic N) is 3. The van der Waals surface area contributed by atoms with Crippen LogP contribution in [0.15, 0.2) is 47.3 Å². The topological polar surface area (TPSA) is 58.4 Å². The first-order chi connectivity index (χ1) is 16.9. The molecule has 1 saturated heterocycles. The number of aliphatic hydroxyl groups is 1. The van der Waals surface area contributed by atoms with E-state index < -0.39 is 40.8 Å². The maximum absolute atomic E-state index is 14.0. The van der Waals surface area contributed by atoms with E-state index in [1.807, 2.05) is 0 Å². The van der Waals surface area contributed by atoms with Crippen molar-refractivity contribution in [2.24, 2.45) is 0 Å². The van der Waals surface area contributed by atoms with E-state index in [0.29, 0.717) is 48.2 Å². The Balaban J connectivity index is 1.74. The summed E-state index contributed by atoms with van der Waals surface area (Å²) in [5.74, 6) is 0. The van der Waals surface area contributed by atoms with Gasteiger partial charge in [0.1, 0.15) is 0 Å². The number of halogens is 6. The Morgan fingerprint density at radius 2 is 1.69 bits per heavy atom. The molecule has 5 rings (SSSR count). The Hall–Kier alpha value is -3.34. The largest absolute Gasteiger partial charge is 0.418 e. The van der Waals surface area contributed by atoms with Crippen LogP contribution in [-0.2, 0) is 25.2 Å². The highest BCUT2D eigenvalue weighted by molar-refractivity contribution is 5.67. The Morgan fingerprint density at radius 3 is 2.36 bits per heavy atom. The van der Waals surface area contributed by atoms with E-state index in [2.05, 4.69) is 5.10 Å². The van der Waals surface area contributed by atoms with Gasteiger partial charge in [0, 0.05) is 29.9 Å². The molecule has 3 aromatic rings. The standard InChI is InChI=1S/C25H21F6N3O2/c26-24(27,28)15-4-1-3-14(11-15)22-18-5-2-6-19(18)23(36)34(32-22)21-12-16(33-10-9-17(35)13-33)7-8-20(21)25(29,30)31/h1,3-4,7-8,11-12,17,35H,2,5-6,9-10,13H2/t17-/m0/s1. The lowest BCUT2D eigenvalue weighted by Crippen LogP contribution is -2.29. The fraction of sp³-hybridized carbons (Fsp3) is 0.360. The van der Waals surface area contributed by atoms with Gasteiger partial charge in [-0.25, -0.2) is 0 Å². The minimum atomic E-state index is -4.81. The van der Waals surface area contributed by atoms with Gasteiger partial charge in [-0.2, -0.15) is 36.1 Å². The normalized spacial score (nSPS) is 18.1. The van der Waals surface area contributed by atoms with E-state index in [0.717, 1.165) is 18.2 Å². The first-order valence-electron chi connectivity index (χ1n) is 11.4. The van der Waals surface area contributed by atoms with Crippen LogP contribution in [-0.4, -0.2) is 34.1 Å². The summed E-state index contributed by atoms with van der Waals surface area (Å²) in [6.07, 6.45) is -8.37. The number of alkyl halides is 6. The third-order valence-corrected chi connectivity index (χ3v) is 6.66. The van der Waals surface area contributed by atoms with Gasteiger partial charge >= 0.3 is 12.4 Å². The number of hydrogen-bond acceptors (Lipinski definition) is 4. The smallest absolute Gasteiger partial charge is 0.391 e. The molecule has 1 atom stereocenters. The van der Waals surface area contributed by atoms with E-state index in [-0.39, 0.29) is 23.4 Å². The van der Waals surface area contributed by atoms with Crippen LogP contribution in [0.2, 0.25) is 0 Å². The lowest BCUT2D eigenvalue weighted by molar-refractivity contribution is -0.138. The van der Waals surface area contributed by atoms with Gasteiger partial charge in [-0.05, 0) is 61.6 Å². The Kier molecular flexibility index (Phi) is 5.85. The van der Waals surface area contributed by atoms with Gasteiger partial charge in [0.2, 0.25) is 0 Å². The minimum Gasteiger partial charge on any atom is -0.391 e. The van der Waals surface area contributed by atoms with Crippen LogP contribution in [0.3, 0.4) is 0 Å². The zero-order valence-corrected chi connectivity index (χ0v) is 18.8. The zero-order chi connectivity index (χ0) is 25.8. The van der Waals surface area contributed by atoms with Crippen LogP contribution in [0.1, 0.15) is 35.1 Å². The highest BCUT2D eigenvalue weighted by atomic mass is 19.4. The van der Waals surface area contributed by atoms with Crippen molar-refractivity contribution < 1.29 is 31.4 Å². The number of β-amino-alcohol motifs (C(OH)–C–C–N with tert-alkyl or cyclic N) is 1. The molecular weight excluding hydrogens is 488 g/mol. The lowest BCUT2D eigenvalue weighted by atomic mass is 10.0. The second-order valence-electron chi connectivity index (χ2n) is 9.04. The molecule has 11 heteroatoms. The molecule has 5 nitrogen and oxygen atoms in total. The van der Waals surface area contributed by atoms with Gasteiger partial charge in [-0.1, -0.05) is 12.1 Å². The average molecular weight is 509 g/mol. The second kappa shape index (κ2) is 8.65. The lowest BCUT2D eigenvalue weighted by Gasteiger charge is -2.22. The molecule has 2 aliphatic rings. The maximum Gasteiger partial charge on any atom is 0.418 e. The van der Waals surface area contributed by atoms with E-state index in [1.54, 1.807) is 4.90 Å². The summed E-state index contributed by atoms with van der Waals surface area (Å²) in [4.78, 5) is 15.0. The Bertz CT molecular complexity index is 1380. The number of benzene rings is 2. The van der Waals surface area contributed by atoms with Gasteiger partial charge in [0.15, 0.2) is 0 Å². The third-order valence-electron chi connectivity index (χ3n) is 6.66. The van der Waals surface area contributed by atoms with E-state index in [9.17, 15) is 36.2 Å². The summed E-state index contributed by atoms with van der Waals surface area (Å²) < 4.78 is 82.7. The van der Waals surface area contributed by atoms with Crippen molar-refractivity contribution in [3.8, 4) is 16.9 Å². The van der Waals surface area contributed by atoms with Crippen LogP contribution in [0.5, 0.6) is 0 Å². The predicted molar refractivity (Wildman–Crippen MR) is 120 cm³/mol. The van der Waals surface area contributed by atoms with Crippen molar-refractivity contribution in [3.05, 3.63) is 75.1 Å². The molecule has 0 radical (unpaired) electrons. The van der Waals surface area contributed by atoms with Crippen LogP contribution in [0.25, 0.3) is 16.9 Å². The molecule has 2 aromatic carbocycles. The summed E-state index contributed by atoms with van der Waals surface area (Å²) in [6.45, 7) is 0.654. The third kappa shape index (κ3) is 4.36. The summed E-state index contributed by atoms with van der Waals surface area (Å²) in [6, 6.07) is 7.73. The van der Waals surface area contributed by atoms with Crippen molar-refractivity contribution in [3.63, 3.8) is 0 Å².